The summed E-state index contributed by atoms with van der Waals surface area (Å²) in [6.45, 7) is 0. The van der Waals surface area contributed by atoms with Crippen LogP contribution in [0.4, 0.5) is 0 Å². The van der Waals surface area contributed by atoms with Crippen molar-refractivity contribution < 1.29 is 13.2 Å². The van der Waals surface area contributed by atoms with E-state index in [9.17, 15) is 8.42 Å². The fourth-order valence-electron chi connectivity index (χ4n) is 0.978. The van der Waals surface area contributed by atoms with Gasteiger partial charge in [0.1, 0.15) is 4.16 Å². The van der Waals surface area contributed by atoms with Crippen molar-refractivity contribution in [3.05, 3.63) is 0 Å². The molecule has 0 radical (unpaired) electrons. The minimum absolute atomic E-state index is 0.0926. The molecule has 0 bridgehead atoms. The second kappa shape index (κ2) is 3.32. The van der Waals surface area contributed by atoms with E-state index in [1.165, 1.54) is 7.11 Å². The third kappa shape index (κ3) is 1.79. The van der Waals surface area contributed by atoms with Crippen LogP contribution >= 0.6 is 31.9 Å². The van der Waals surface area contributed by atoms with Gasteiger partial charge < -0.3 is 4.74 Å². The Kier molecular flexibility index (Phi) is 3.00. The zero-order valence-electron chi connectivity index (χ0n) is 5.83. The zero-order chi connectivity index (χ0) is 8.65. The van der Waals surface area contributed by atoms with E-state index in [0.717, 1.165) is 0 Å². The molecule has 1 aliphatic heterocycles. The number of rotatable bonds is 1. The first-order valence-electron chi connectivity index (χ1n) is 3.01. The van der Waals surface area contributed by atoms with Crippen LogP contribution < -0.4 is 0 Å². The van der Waals surface area contributed by atoms with Crippen molar-refractivity contribution in [2.45, 2.75) is 15.1 Å². The Balaban J connectivity index is 2.86. The fourth-order valence-corrected chi connectivity index (χ4v) is 4.97. The molecule has 0 unspecified atom stereocenters. The summed E-state index contributed by atoms with van der Waals surface area (Å²) in [6, 6.07) is 0. The SMILES string of the molecule is CO[C@@H]1CS(=O)(=O)[C@@H](Br)[C@H]1Br. The number of methoxy groups -OCH3 is 1. The van der Waals surface area contributed by atoms with Gasteiger partial charge in [0.05, 0.1) is 16.7 Å². The summed E-state index contributed by atoms with van der Waals surface area (Å²) in [6.07, 6.45) is -0.232. The van der Waals surface area contributed by atoms with Gasteiger partial charge in [-0.15, -0.1) is 0 Å². The summed E-state index contributed by atoms with van der Waals surface area (Å²) in [5.74, 6) is 0.0926. The van der Waals surface area contributed by atoms with Crippen LogP contribution in [0.2, 0.25) is 0 Å². The lowest BCUT2D eigenvalue weighted by Crippen LogP contribution is -2.22. The Morgan fingerprint density at radius 1 is 1.45 bits per heavy atom. The number of hydrogen-bond donors (Lipinski definition) is 0. The summed E-state index contributed by atoms with van der Waals surface area (Å²) in [5, 5.41) is 0. The lowest BCUT2D eigenvalue weighted by atomic mass is 10.3. The first-order valence-corrected chi connectivity index (χ1v) is 6.56. The lowest BCUT2D eigenvalue weighted by molar-refractivity contribution is 0.129. The second-order valence-electron chi connectivity index (χ2n) is 2.40. The van der Waals surface area contributed by atoms with Crippen molar-refractivity contribution in [1.29, 1.82) is 0 Å². The molecule has 0 aromatic rings. The highest BCUT2D eigenvalue weighted by atomic mass is 79.9. The summed E-state index contributed by atoms with van der Waals surface area (Å²) in [7, 11) is -1.48. The molecule has 1 fully saturated rings. The average molecular weight is 308 g/mol. The van der Waals surface area contributed by atoms with Gasteiger partial charge in [0, 0.05) is 7.11 Å². The van der Waals surface area contributed by atoms with Crippen molar-refractivity contribution in [2.75, 3.05) is 12.9 Å². The maximum Gasteiger partial charge on any atom is 0.166 e. The standard InChI is InChI=1S/C5H8Br2O3S/c1-10-3-2-11(8,9)5(7)4(3)6/h3-5H,2H2,1H3/t3-,4+,5-/m1/s1. The fraction of sp³-hybridized carbons (Fsp3) is 1.00. The van der Waals surface area contributed by atoms with E-state index in [1.54, 1.807) is 0 Å². The Morgan fingerprint density at radius 2 is 2.00 bits per heavy atom. The van der Waals surface area contributed by atoms with Gasteiger partial charge in [0.2, 0.25) is 0 Å². The molecule has 3 atom stereocenters. The first kappa shape index (κ1) is 9.95. The molecule has 0 aliphatic carbocycles. The maximum absolute atomic E-state index is 11.2. The van der Waals surface area contributed by atoms with Gasteiger partial charge in [-0.05, 0) is 0 Å². The maximum atomic E-state index is 11.2. The third-order valence-corrected chi connectivity index (χ3v) is 7.88. The van der Waals surface area contributed by atoms with Crippen molar-refractivity contribution in [2.24, 2.45) is 0 Å². The van der Waals surface area contributed by atoms with E-state index < -0.39 is 14.0 Å². The Bertz CT molecular complexity index is 238. The summed E-state index contributed by atoms with van der Waals surface area (Å²) >= 11 is 6.35. The molecule has 0 saturated carbocycles. The predicted molar refractivity (Wildman–Crippen MR) is 50.0 cm³/mol. The molecular formula is C5H8Br2O3S. The number of halogens is 2. The first-order chi connectivity index (χ1) is 4.99. The normalized spacial score (nSPS) is 42.6. The van der Waals surface area contributed by atoms with E-state index in [2.05, 4.69) is 31.9 Å². The molecule has 66 valence electrons. The van der Waals surface area contributed by atoms with Gasteiger partial charge in [0.25, 0.3) is 0 Å². The summed E-state index contributed by atoms with van der Waals surface area (Å²) < 4.78 is 26.8. The molecule has 1 heterocycles. The van der Waals surface area contributed by atoms with Gasteiger partial charge in [-0.25, -0.2) is 8.42 Å². The van der Waals surface area contributed by atoms with E-state index in [-0.39, 0.29) is 16.7 Å². The van der Waals surface area contributed by atoms with Crippen LogP contribution in [-0.4, -0.2) is 36.4 Å². The van der Waals surface area contributed by atoms with Crippen molar-refractivity contribution in [1.82, 2.24) is 0 Å². The number of hydrogen-bond acceptors (Lipinski definition) is 3. The molecule has 0 aromatic carbocycles. The minimum atomic E-state index is -2.99. The Hall–Kier alpha value is 0.870. The van der Waals surface area contributed by atoms with E-state index in [4.69, 9.17) is 4.74 Å². The highest BCUT2D eigenvalue weighted by Gasteiger charge is 2.44. The molecule has 0 spiro atoms. The monoisotopic (exact) mass is 306 g/mol. The molecule has 1 rings (SSSR count). The predicted octanol–water partition coefficient (Wildman–Crippen LogP) is 0.914. The van der Waals surface area contributed by atoms with Crippen LogP contribution in [-0.2, 0) is 14.6 Å². The highest BCUT2D eigenvalue weighted by molar-refractivity contribution is 9.13. The second-order valence-corrected chi connectivity index (χ2v) is 7.22. The summed E-state index contributed by atoms with van der Waals surface area (Å²) in [4.78, 5) is -0.141. The van der Waals surface area contributed by atoms with E-state index in [0.29, 0.717) is 0 Å². The average Bonchev–Trinajstić information content (AvgIpc) is 2.13. The largest absolute Gasteiger partial charge is 0.379 e. The molecule has 1 saturated heterocycles. The molecule has 6 heteroatoms. The number of sulfone groups is 1. The minimum Gasteiger partial charge on any atom is -0.379 e. The quantitative estimate of drug-likeness (QED) is 0.677. The van der Waals surface area contributed by atoms with Crippen molar-refractivity contribution in [3.8, 4) is 0 Å². The molecule has 11 heavy (non-hydrogen) atoms. The van der Waals surface area contributed by atoms with Gasteiger partial charge in [-0.3, -0.25) is 0 Å². The van der Waals surface area contributed by atoms with Crippen LogP contribution in [0.3, 0.4) is 0 Å². The zero-order valence-corrected chi connectivity index (χ0v) is 9.82. The third-order valence-electron chi connectivity index (χ3n) is 1.65. The molecule has 0 N–H and O–H groups in total. The molecule has 3 nitrogen and oxygen atoms in total. The van der Waals surface area contributed by atoms with Crippen LogP contribution in [0, 0.1) is 0 Å². The van der Waals surface area contributed by atoms with E-state index in [1.807, 2.05) is 0 Å². The molecule has 0 aromatic heterocycles. The molecule has 1 aliphatic rings. The smallest absolute Gasteiger partial charge is 0.166 e. The van der Waals surface area contributed by atoms with Gasteiger partial charge in [-0.2, -0.15) is 0 Å². The molecular weight excluding hydrogens is 300 g/mol. The Morgan fingerprint density at radius 3 is 2.18 bits per heavy atom. The lowest BCUT2D eigenvalue weighted by Gasteiger charge is -2.10. The van der Waals surface area contributed by atoms with Crippen molar-refractivity contribution >= 4 is 41.7 Å². The van der Waals surface area contributed by atoms with Crippen LogP contribution in [0.1, 0.15) is 0 Å². The van der Waals surface area contributed by atoms with Gasteiger partial charge in [-0.1, -0.05) is 31.9 Å². The summed E-state index contributed by atoms with van der Waals surface area (Å²) in [5.41, 5.74) is 0. The van der Waals surface area contributed by atoms with Crippen molar-refractivity contribution in [3.63, 3.8) is 0 Å². The van der Waals surface area contributed by atoms with Crippen LogP contribution in [0.5, 0.6) is 0 Å². The van der Waals surface area contributed by atoms with Crippen LogP contribution in [0.25, 0.3) is 0 Å². The van der Waals surface area contributed by atoms with Gasteiger partial charge >= 0.3 is 0 Å². The van der Waals surface area contributed by atoms with Crippen LogP contribution in [0.15, 0.2) is 0 Å². The molecule has 0 amide bonds. The highest BCUT2D eigenvalue weighted by Crippen LogP contribution is 2.32. The Labute approximate surface area is 82.7 Å². The van der Waals surface area contributed by atoms with Gasteiger partial charge in [0.15, 0.2) is 9.84 Å². The topological polar surface area (TPSA) is 43.4 Å². The van der Waals surface area contributed by atoms with E-state index >= 15 is 0 Å². The number of ether oxygens (including phenoxy) is 1. The number of alkyl halides is 2.